The van der Waals surface area contributed by atoms with Gasteiger partial charge in [0, 0.05) is 6.04 Å². The molecule has 1 heterocycles. The van der Waals surface area contributed by atoms with Crippen LogP contribution in [0.25, 0.3) is 0 Å². The van der Waals surface area contributed by atoms with E-state index in [9.17, 15) is 40.6 Å². The van der Waals surface area contributed by atoms with Gasteiger partial charge in [-0.25, -0.2) is 4.39 Å². The van der Waals surface area contributed by atoms with Crippen molar-refractivity contribution in [2.24, 2.45) is 0 Å². The smallest absolute Gasteiger partial charge is 0.416 e. The number of aliphatic hydroxyl groups is 1. The maximum absolute atomic E-state index is 13.9. The number of rotatable bonds is 7. The minimum Gasteiger partial charge on any atom is -0.454 e. The molecule has 1 N–H and O–H groups in total. The minimum absolute atomic E-state index is 0.00500. The Morgan fingerprint density at radius 3 is 1.91 bits per heavy atom. The van der Waals surface area contributed by atoms with Crippen molar-refractivity contribution in [2.75, 3.05) is 19.7 Å². The molecule has 0 aromatic heterocycles. The summed E-state index contributed by atoms with van der Waals surface area (Å²) in [6.45, 7) is 0.666. The molecule has 1 saturated heterocycles. The van der Waals surface area contributed by atoms with Crippen LogP contribution in [0, 0.1) is 5.82 Å². The van der Waals surface area contributed by atoms with Gasteiger partial charge in [0.1, 0.15) is 11.9 Å². The molecular formula is C34H34F7NO3. The molecule has 1 saturated carbocycles. The van der Waals surface area contributed by atoms with Crippen LogP contribution in [0.3, 0.4) is 0 Å². The van der Waals surface area contributed by atoms with Crippen molar-refractivity contribution in [1.29, 1.82) is 0 Å². The molecule has 2 aliphatic rings. The van der Waals surface area contributed by atoms with E-state index < -0.39 is 53.1 Å². The van der Waals surface area contributed by atoms with Crippen LogP contribution >= 0.6 is 0 Å². The van der Waals surface area contributed by atoms with Crippen LogP contribution in [0.1, 0.15) is 78.4 Å². The lowest BCUT2D eigenvalue weighted by Gasteiger charge is -2.44. The van der Waals surface area contributed by atoms with Gasteiger partial charge in [-0.1, -0.05) is 42.5 Å². The predicted molar refractivity (Wildman–Crippen MR) is 153 cm³/mol. The van der Waals surface area contributed by atoms with Crippen LogP contribution in [0.5, 0.6) is 0 Å². The first kappa shape index (κ1) is 32.9. The Bertz CT molecular complexity index is 1410. The Balaban J connectivity index is 1.33. The van der Waals surface area contributed by atoms with Gasteiger partial charge < -0.3 is 14.7 Å². The van der Waals surface area contributed by atoms with E-state index in [-0.39, 0.29) is 17.9 Å². The number of ether oxygens (including phenoxy) is 1. The Hall–Kier alpha value is -3.44. The first-order valence-corrected chi connectivity index (χ1v) is 15.0. The molecule has 3 aromatic rings. The number of aliphatic hydroxyl groups excluding tert-OH is 1. The standard InChI is InChI=1S/C34H34F7NO3/c35-28-8-6-22(7-9-28)23-12-16-42(17-13-23)29-10-14-32(15-11-29,25-4-2-1-3-5-25)31(44)45-30(21-43)24-18-26(33(36,37)38)20-27(19-24)34(39,40)41/h1-9,18-20,23,29-30,43H,10-17,21H2/t29-,30?,32-. The van der Waals surface area contributed by atoms with E-state index in [1.54, 1.807) is 30.3 Å². The zero-order valence-electron chi connectivity index (χ0n) is 24.4. The maximum atomic E-state index is 13.9. The second-order valence-corrected chi connectivity index (χ2v) is 12.0. The summed E-state index contributed by atoms with van der Waals surface area (Å²) >= 11 is 0. The van der Waals surface area contributed by atoms with E-state index in [4.69, 9.17) is 4.74 Å². The third-order valence-corrected chi connectivity index (χ3v) is 9.31. The van der Waals surface area contributed by atoms with Gasteiger partial charge in [-0.05, 0) is 105 Å². The first-order chi connectivity index (χ1) is 21.3. The molecule has 3 aromatic carbocycles. The number of alkyl halides is 6. The lowest BCUT2D eigenvalue weighted by atomic mass is 9.67. The zero-order chi connectivity index (χ0) is 32.4. The van der Waals surface area contributed by atoms with Crippen LogP contribution in [0.15, 0.2) is 72.8 Å². The third kappa shape index (κ3) is 7.35. The van der Waals surface area contributed by atoms with Crippen molar-refractivity contribution < 1.29 is 45.4 Å². The molecule has 0 bridgehead atoms. The quantitative estimate of drug-likeness (QED) is 0.210. The second-order valence-electron chi connectivity index (χ2n) is 12.0. The Morgan fingerprint density at radius 2 is 1.40 bits per heavy atom. The van der Waals surface area contributed by atoms with Gasteiger partial charge >= 0.3 is 18.3 Å². The van der Waals surface area contributed by atoms with Crippen LogP contribution in [0.4, 0.5) is 30.7 Å². The van der Waals surface area contributed by atoms with Crippen molar-refractivity contribution >= 4 is 5.97 Å². The number of piperidine rings is 1. The highest BCUT2D eigenvalue weighted by molar-refractivity contribution is 5.83. The minimum atomic E-state index is -5.09. The van der Waals surface area contributed by atoms with E-state index >= 15 is 0 Å². The molecule has 45 heavy (non-hydrogen) atoms. The van der Waals surface area contributed by atoms with E-state index in [2.05, 4.69) is 4.90 Å². The van der Waals surface area contributed by atoms with Crippen molar-refractivity contribution in [2.45, 2.75) is 74.4 Å². The lowest BCUT2D eigenvalue weighted by Crippen LogP contribution is -2.48. The Morgan fingerprint density at radius 1 is 0.844 bits per heavy atom. The summed E-state index contributed by atoms with van der Waals surface area (Å²) in [7, 11) is 0. The molecule has 11 heteroatoms. The number of hydrogen-bond donors (Lipinski definition) is 1. The molecule has 4 nitrogen and oxygen atoms in total. The number of carbonyl (C=O) groups is 1. The highest BCUT2D eigenvalue weighted by atomic mass is 19.4. The number of nitrogens with zero attached hydrogens (tertiary/aromatic N) is 1. The lowest BCUT2D eigenvalue weighted by molar-refractivity contribution is -0.161. The van der Waals surface area contributed by atoms with Crippen LogP contribution in [-0.4, -0.2) is 41.7 Å². The molecule has 2 fully saturated rings. The molecular weight excluding hydrogens is 603 g/mol. The third-order valence-electron chi connectivity index (χ3n) is 9.31. The average molecular weight is 638 g/mol. The van der Waals surface area contributed by atoms with Crippen LogP contribution in [0.2, 0.25) is 0 Å². The fraction of sp³-hybridized carbons (Fsp3) is 0.441. The zero-order valence-corrected chi connectivity index (χ0v) is 24.4. The van der Waals surface area contributed by atoms with Crippen molar-refractivity contribution in [3.8, 4) is 0 Å². The molecule has 0 spiro atoms. The van der Waals surface area contributed by atoms with Gasteiger partial charge in [0.05, 0.1) is 23.1 Å². The van der Waals surface area contributed by atoms with Gasteiger partial charge in [0.15, 0.2) is 0 Å². The SMILES string of the molecule is O=C(OC(CO)c1cc(C(F)(F)F)cc(C(F)(F)F)c1)[C@]1(c2ccccc2)CC[C@@H](N2CCC(c3ccc(F)cc3)CC2)CC1. The van der Waals surface area contributed by atoms with E-state index in [1.165, 1.54) is 12.1 Å². The fourth-order valence-electron chi connectivity index (χ4n) is 6.78. The summed E-state index contributed by atoms with van der Waals surface area (Å²) < 4.78 is 99.9. The number of esters is 1. The predicted octanol–water partition coefficient (Wildman–Crippen LogP) is 8.20. The molecule has 5 rings (SSSR count). The van der Waals surface area contributed by atoms with Crippen molar-refractivity contribution in [1.82, 2.24) is 4.90 Å². The maximum Gasteiger partial charge on any atom is 0.416 e. The molecule has 0 radical (unpaired) electrons. The summed E-state index contributed by atoms with van der Waals surface area (Å²) in [5.41, 5.74) is -3.14. The summed E-state index contributed by atoms with van der Waals surface area (Å²) in [4.78, 5) is 16.3. The first-order valence-electron chi connectivity index (χ1n) is 15.0. The summed E-state index contributed by atoms with van der Waals surface area (Å²) in [6.07, 6.45) is -8.14. The number of carbonyl (C=O) groups excluding carboxylic acids is 1. The van der Waals surface area contributed by atoms with E-state index in [0.29, 0.717) is 49.3 Å². The Kier molecular flexibility index (Phi) is 9.60. The summed E-state index contributed by atoms with van der Waals surface area (Å²) in [5, 5.41) is 10.0. The normalized spacial score (nSPS) is 22.6. The fourth-order valence-corrected chi connectivity index (χ4v) is 6.78. The van der Waals surface area contributed by atoms with E-state index in [1.807, 2.05) is 12.1 Å². The molecule has 242 valence electrons. The molecule has 0 amide bonds. The van der Waals surface area contributed by atoms with Gasteiger partial charge in [-0.2, -0.15) is 26.3 Å². The number of hydrogen-bond acceptors (Lipinski definition) is 4. The Labute approximate surface area is 256 Å². The van der Waals surface area contributed by atoms with Crippen molar-refractivity contribution in [3.63, 3.8) is 0 Å². The number of benzene rings is 3. The van der Waals surface area contributed by atoms with Crippen LogP contribution in [-0.2, 0) is 27.3 Å². The highest BCUT2D eigenvalue weighted by Gasteiger charge is 2.47. The monoisotopic (exact) mass is 637 g/mol. The van der Waals surface area contributed by atoms with Crippen molar-refractivity contribution in [3.05, 3.63) is 106 Å². The van der Waals surface area contributed by atoms with Gasteiger partial charge in [0.2, 0.25) is 0 Å². The molecule has 1 unspecified atom stereocenters. The molecule has 1 aliphatic heterocycles. The summed E-state index contributed by atoms with van der Waals surface area (Å²) in [5.74, 6) is -0.745. The average Bonchev–Trinajstić information content (AvgIpc) is 3.03. The van der Waals surface area contributed by atoms with Gasteiger partial charge in [-0.3, -0.25) is 4.79 Å². The highest BCUT2D eigenvalue weighted by Crippen LogP contribution is 2.45. The molecule has 1 atom stereocenters. The molecule has 1 aliphatic carbocycles. The number of halogens is 7. The second kappa shape index (κ2) is 13.1. The van der Waals surface area contributed by atoms with Gasteiger partial charge in [0.25, 0.3) is 0 Å². The topological polar surface area (TPSA) is 49.8 Å². The number of likely N-dealkylation sites (tertiary alicyclic amines) is 1. The summed E-state index contributed by atoms with van der Waals surface area (Å²) in [6, 6.07) is 16.5. The van der Waals surface area contributed by atoms with Crippen LogP contribution < -0.4 is 0 Å². The largest absolute Gasteiger partial charge is 0.454 e. The van der Waals surface area contributed by atoms with Gasteiger partial charge in [-0.15, -0.1) is 0 Å². The van der Waals surface area contributed by atoms with E-state index in [0.717, 1.165) is 31.5 Å².